The molecule has 0 bridgehead atoms. The summed E-state index contributed by atoms with van der Waals surface area (Å²) in [5.74, 6) is -3.40. The maximum absolute atomic E-state index is 13.8. The fourth-order valence-corrected chi connectivity index (χ4v) is 5.57. The van der Waals surface area contributed by atoms with Crippen molar-refractivity contribution in [2.24, 2.45) is 11.7 Å². The van der Waals surface area contributed by atoms with Gasteiger partial charge in [-0.2, -0.15) is 0 Å². The quantitative estimate of drug-likeness (QED) is 0.239. The van der Waals surface area contributed by atoms with Crippen molar-refractivity contribution < 1.29 is 33.4 Å². The number of nitrogens with two attached hydrogens (primary N) is 1. The van der Waals surface area contributed by atoms with E-state index in [4.69, 9.17) is 22.1 Å². The van der Waals surface area contributed by atoms with Crippen LogP contribution in [-0.4, -0.2) is 84.8 Å². The molecule has 3 amide bonds. The van der Waals surface area contributed by atoms with Crippen LogP contribution in [0.2, 0.25) is 5.02 Å². The van der Waals surface area contributed by atoms with Crippen LogP contribution in [0.5, 0.6) is 0 Å². The number of hydrogen-bond donors (Lipinski definition) is 4. The smallest absolute Gasteiger partial charge is 0.304 e. The van der Waals surface area contributed by atoms with Gasteiger partial charge in [-0.15, -0.1) is 0 Å². The van der Waals surface area contributed by atoms with E-state index in [-0.39, 0.29) is 38.3 Å². The number of carboxylic acid groups (broad SMARTS) is 1. The zero-order valence-corrected chi connectivity index (χ0v) is 25.0. The maximum atomic E-state index is 13.8. The lowest BCUT2D eigenvalue weighted by molar-refractivity contribution is -0.146. The van der Waals surface area contributed by atoms with E-state index in [1.807, 2.05) is 42.5 Å². The molecule has 10 nitrogen and oxygen atoms in total. The second-order valence-electron chi connectivity index (χ2n) is 11.0. The van der Waals surface area contributed by atoms with E-state index in [2.05, 4.69) is 10.6 Å². The summed E-state index contributed by atoms with van der Waals surface area (Å²) in [6.45, 7) is -0.410. The Bertz CT molecular complexity index is 1230. The van der Waals surface area contributed by atoms with Crippen molar-refractivity contribution in [2.75, 3.05) is 33.5 Å². The van der Waals surface area contributed by atoms with E-state index in [1.165, 1.54) is 7.11 Å². The zero-order chi connectivity index (χ0) is 31.4. The summed E-state index contributed by atoms with van der Waals surface area (Å²) in [6, 6.07) is 14.1. The van der Waals surface area contributed by atoms with Gasteiger partial charge in [-0.25, -0.2) is 0 Å². The summed E-state index contributed by atoms with van der Waals surface area (Å²) in [4.78, 5) is 53.3. The predicted molar refractivity (Wildman–Crippen MR) is 160 cm³/mol. The highest BCUT2D eigenvalue weighted by Crippen LogP contribution is 2.29. The SMILES string of the molecule is COCC(NC(=O)C(N)CCF)C(=O)N[C@@]1(Cc2ccc(Cl)cc2)CCCN(C(=O)C(CC(=O)O)Cc2ccccc2)C1. The van der Waals surface area contributed by atoms with Crippen molar-refractivity contribution in [1.82, 2.24) is 15.5 Å². The molecule has 0 aliphatic carbocycles. The highest BCUT2D eigenvalue weighted by atomic mass is 35.5. The van der Waals surface area contributed by atoms with Crippen LogP contribution in [0.4, 0.5) is 4.39 Å². The first-order chi connectivity index (χ1) is 20.6. The molecule has 5 N–H and O–H groups in total. The van der Waals surface area contributed by atoms with Gasteiger partial charge >= 0.3 is 5.97 Å². The molecule has 3 rings (SSSR count). The van der Waals surface area contributed by atoms with Crippen molar-refractivity contribution in [3.8, 4) is 0 Å². The van der Waals surface area contributed by atoms with Crippen molar-refractivity contribution in [3.05, 3.63) is 70.7 Å². The predicted octanol–water partition coefficient (Wildman–Crippen LogP) is 2.51. The number of nitrogens with zero attached hydrogens (tertiary/aromatic N) is 1. The van der Waals surface area contributed by atoms with Crippen LogP contribution in [0.15, 0.2) is 54.6 Å². The normalized spacial score (nSPS) is 18.7. The third kappa shape index (κ3) is 10.3. The molecule has 43 heavy (non-hydrogen) atoms. The highest BCUT2D eigenvalue weighted by molar-refractivity contribution is 6.30. The monoisotopic (exact) mass is 618 g/mol. The number of carbonyl (C=O) groups excluding carboxylic acids is 3. The molecule has 0 saturated carbocycles. The van der Waals surface area contributed by atoms with E-state index in [1.54, 1.807) is 17.0 Å². The van der Waals surface area contributed by atoms with Crippen molar-refractivity contribution in [3.63, 3.8) is 0 Å². The second-order valence-corrected chi connectivity index (χ2v) is 11.5. The Morgan fingerprint density at radius 2 is 1.79 bits per heavy atom. The molecule has 1 saturated heterocycles. The Hall–Kier alpha value is -3.54. The highest BCUT2D eigenvalue weighted by Gasteiger charge is 2.41. The van der Waals surface area contributed by atoms with Crippen LogP contribution >= 0.6 is 11.6 Å². The van der Waals surface area contributed by atoms with E-state index in [0.29, 0.717) is 30.8 Å². The Labute approximate surface area is 256 Å². The number of piperidine rings is 1. The molecule has 2 aromatic carbocycles. The summed E-state index contributed by atoms with van der Waals surface area (Å²) in [7, 11) is 1.38. The first-order valence-electron chi connectivity index (χ1n) is 14.3. The van der Waals surface area contributed by atoms with Gasteiger partial charge in [0, 0.05) is 25.2 Å². The summed E-state index contributed by atoms with van der Waals surface area (Å²) in [5.41, 5.74) is 6.51. The summed E-state index contributed by atoms with van der Waals surface area (Å²) < 4.78 is 17.9. The number of methoxy groups -OCH3 is 1. The first kappa shape index (κ1) is 34.0. The van der Waals surface area contributed by atoms with Crippen LogP contribution in [0, 0.1) is 5.92 Å². The van der Waals surface area contributed by atoms with Gasteiger partial charge in [0.1, 0.15) is 6.04 Å². The molecule has 4 atom stereocenters. The molecular weight excluding hydrogens is 579 g/mol. The van der Waals surface area contributed by atoms with Gasteiger partial charge in [0.25, 0.3) is 0 Å². The minimum atomic E-state index is -1.13. The Morgan fingerprint density at radius 3 is 2.42 bits per heavy atom. The molecule has 0 spiro atoms. The van der Waals surface area contributed by atoms with Gasteiger partial charge in [0.2, 0.25) is 17.7 Å². The summed E-state index contributed by atoms with van der Waals surface area (Å²) in [6.07, 6.45) is 1.15. The van der Waals surface area contributed by atoms with Gasteiger partial charge in [-0.3, -0.25) is 23.6 Å². The van der Waals surface area contributed by atoms with Crippen molar-refractivity contribution in [2.45, 2.75) is 56.1 Å². The Balaban J connectivity index is 1.88. The number of amides is 3. The molecule has 1 aliphatic heterocycles. The van der Waals surface area contributed by atoms with E-state index in [0.717, 1.165) is 11.1 Å². The average Bonchev–Trinajstić information content (AvgIpc) is 2.98. The summed E-state index contributed by atoms with van der Waals surface area (Å²) in [5, 5.41) is 15.8. The fourth-order valence-electron chi connectivity index (χ4n) is 5.44. The molecule has 234 valence electrons. The number of likely N-dealkylation sites (tertiary alicyclic amines) is 1. The lowest BCUT2D eigenvalue weighted by atomic mass is 9.82. The van der Waals surface area contributed by atoms with Crippen LogP contribution in [0.25, 0.3) is 0 Å². The topological polar surface area (TPSA) is 151 Å². The largest absolute Gasteiger partial charge is 0.481 e. The number of nitrogens with one attached hydrogen (secondary N) is 2. The van der Waals surface area contributed by atoms with E-state index < -0.39 is 48.0 Å². The number of carbonyl (C=O) groups is 4. The standard InChI is InChI=1S/C31H40ClFN4O6/c1-43-19-26(35-28(40)25(34)12-14-33)29(41)36-31(18-22-8-10-24(32)11-9-22)13-5-15-37(20-31)30(42)23(17-27(38)39)16-21-6-3-2-4-7-21/h2-4,6-11,23,25-26H,5,12-20,34H2,1H3,(H,35,40)(H,36,41)(H,38,39)/t23?,25?,26?,31-/m1/s1. The van der Waals surface area contributed by atoms with E-state index >= 15 is 0 Å². The summed E-state index contributed by atoms with van der Waals surface area (Å²) >= 11 is 6.10. The number of ether oxygens (including phenoxy) is 1. The van der Waals surface area contributed by atoms with Gasteiger partial charge in [0.05, 0.1) is 37.2 Å². The van der Waals surface area contributed by atoms with Crippen LogP contribution in [-0.2, 0) is 36.8 Å². The second kappa shape index (κ2) is 16.3. The van der Waals surface area contributed by atoms with Crippen molar-refractivity contribution >= 4 is 35.3 Å². The van der Waals surface area contributed by atoms with Gasteiger partial charge in [0.15, 0.2) is 0 Å². The minimum absolute atomic E-state index is 0.125. The van der Waals surface area contributed by atoms with Crippen molar-refractivity contribution in [1.29, 1.82) is 0 Å². The molecule has 3 unspecified atom stereocenters. The molecular formula is C31H40ClFN4O6. The number of halogens is 2. The lowest BCUT2D eigenvalue weighted by Crippen LogP contribution is -2.65. The molecule has 1 aliphatic rings. The molecule has 0 aromatic heterocycles. The van der Waals surface area contributed by atoms with Gasteiger partial charge < -0.3 is 31.1 Å². The Kier molecular flexibility index (Phi) is 12.9. The third-order valence-corrected chi connectivity index (χ3v) is 7.80. The van der Waals surface area contributed by atoms with Crippen LogP contribution in [0.1, 0.15) is 36.8 Å². The van der Waals surface area contributed by atoms with Crippen LogP contribution in [0.3, 0.4) is 0 Å². The number of rotatable bonds is 15. The van der Waals surface area contributed by atoms with Crippen LogP contribution < -0.4 is 16.4 Å². The molecule has 1 heterocycles. The van der Waals surface area contributed by atoms with Gasteiger partial charge in [-0.1, -0.05) is 54.1 Å². The number of alkyl halides is 1. The molecule has 0 radical (unpaired) electrons. The fraction of sp³-hybridized carbons (Fsp3) is 0.484. The minimum Gasteiger partial charge on any atom is -0.481 e. The van der Waals surface area contributed by atoms with E-state index in [9.17, 15) is 28.7 Å². The molecule has 12 heteroatoms. The number of carboxylic acids is 1. The first-order valence-corrected chi connectivity index (χ1v) is 14.7. The average molecular weight is 619 g/mol. The zero-order valence-electron chi connectivity index (χ0n) is 24.3. The lowest BCUT2D eigenvalue weighted by Gasteiger charge is -2.45. The third-order valence-electron chi connectivity index (χ3n) is 7.55. The molecule has 2 aromatic rings. The number of hydrogen-bond acceptors (Lipinski definition) is 6. The molecule has 1 fully saturated rings. The Morgan fingerprint density at radius 1 is 1.09 bits per heavy atom. The number of benzene rings is 2. The number of aliphatic carboxylic acids is 1. The van der Waals surface area contributed by atoms with Gasteiger partial charge in [-0.05, 0) is 55.4 Å². The maximum Gasteiger partial charge on any atom is 0.304 e.